The molecule has 0 saturated carbocycles. The van der Waals surface area contributed by atoms with Crippen molar-refractivity contribution in [3.8, 4) is 0 Å². The van der Waals surface area contributed by atoms with Gasteiger partial charge in [-0.1, -0.05) is 71.6 Å². The molecule has 1 aliphatic heterocycles. The zero-order valence-electron chi connectivity index (χ0n) is 13.0. The molecule has 2 heteroatoms. The van der Waals surface area contributed by atoms with Crippen LogP contribution >= 0.6 is 0 Å². The summed E-state index contributed by atoms with van der Waals surface area (Å²) in [5, 5.41) is 0. The van der Waals surface area contributed by atoms with Gasteiger partial charge >= 0.3 is 5.95 Å². The first kappa shape index (κ1) is 16.4. The minimum atomic E-state index is 0.829. The van der Waals surface area contributed by atoms with Crippen molar-refractivity contribution in [2.75, 3.05) is 6.61 Å². The van der Waals surface area contributed by atoms with Crippen LogP contribution in [-0.4, -0.2) is 6.61 Å². The second-order valence-electron chi connectivity index (χ2n) is 5.59. The molecule has 112 valence electrons. The van der Waals surface area contributed by atoms with E-state index in [-0.39, 0.29) is 0 Å². The summed E-state index contributed by atoms with van der Waals surface area (Å²) < 4.78 is 11.0. The molecule has 1 aliphatic rings. The largest absolute Gasteiger partial charge is 0.463 e. The van der Waals surface area contributed by atoms with E-state index in [0.717, 1.165) is 31.2 Å². The van der Waals surface area contributed by atoms with Crippen molar-refractivity contribution in [3.63, 3.8) is 0 Å². The SMILES string of the molecule is CCCCCCCCCC1=C(OCCCCCC)O1. The molecule has 0 aromatic rings. The number of ether oxygens (including phenoxy) is 2. The van der Waals surface area contributed by atoms with E-state index in [2.05, 4.69) is 13.8 Å². The quantitative estimate of drug-likeness (QED) is 0.364. The number of hydrogen-bond acceptors (Lipinski definition) is 2. The fourth-order valence-electron chi connectivity index (χ4n) is 2.29. The van der Waals surface area contributed by atoms with E-state index in [9.17, 15) is 0 Å². The molecule has 0 spiro atoms. The van der Waals surface area contributed by atoms with Gasteiger partial charge in [-0.05, 0) is 12.8 Å². The van der Waals surface area contributed by atoms with Crippen molar-refractivity contribution >= 4 is 0 Å². The highest BCUT2D eigenvalue weighted by molar-refractivity contribution is 5.10. The topological polar surface area (TPSA) is 21.8 Å². The van der Waals surface area contributed by atoms with Gasteiger partial charge in [-0.15, -0.1) is 0 Å². The molecule has 0 saturated heterocycles. The smallest absolute Gasteiger partial charge is 0.325 e. The van der Waals surface area contributed by atoms with E-state index >= 15 is 0 Å². The lowest BCUT2D eigenvalue weighted by Crippen LogP contribution is -1.88. The zero-order valence-corrected chi connectivity index (χ0v) is 13.0. The van der Waals surface area contributed by atoms with Crippen LogP contribution in [0.3, 0.4) is 0 Å². The van der Waals surface area contributed by atoms with Crippen LogP contribution in [0, 0.1) is 0 Å². The van der Waals surface area contributed by atoms with Gasteiger partial charge in [-0.2, -0.15) is 0 Å². The van der Waals surface area contributed by atoms with Crippen molar-refractivity contribution in [1.29, 1.82) is 0 Å². The Morgan fingerprint density at radius 2 is 1.32 bits per heavy atom. The summed E-state index contributed by atoms with van der Waals surface area (Å²) in [6, 6.07) is 0. The Kier molecular flexibility index (Phi) is 9.66. The Morgan fingerprint density at radius 3 is 2.00 bits per heavy atom. The third-order valence-electron chi connectivity index (χ3n) is 3.64. The van der Waals surface area contributed by atoms with Crippen LogP contribution in [0.15, 0.2) is 11.7 Å². The normalized spacial score (nSPS) is 13.6. The highest BCUT2D eigenvalue weighted by Crippen LogP contribution is 2.32. The molecular formula is C17H32O2. The average Bonchev–Trinajstić information content (AvgIpc) is 3.16. The first-order valence-electron chi connectivity index (χ1n) is 8.42. The van der Waals surface area contributed by atoms with Gasteiger partial charge in [-0.25, -0.2) is 0 Å². The molecule has 2 nitrogen and oxygen atoms in total. The van der Waals surface area contributed by atoms with E-state index in [1.807, 2.05) is 0 Å². The minimum Gasteiger partial charge on any atom is -0.463 e. The molecular weight excluding hydrogens is 236 g/mol. The predicted octanol–water partition coefficient (Wildman–Crippen LogP) is 5.92. The first-order valence-corrected chi connectivity index (χ1v) is 8.42. The third-order valence-corrected chi connectivity index (χ3v) is 3.64. The van der Waals surface area contributed by atoms with Crippen molar-refractivity contribution in [1.82, 2.24) is 0 Å². The fourth-order valence-corrected chi connectivity index (χ4v) is 2.29. The van der Waals surface area contributed by atoms with Gasteiger partial charge in [0, 0.05) is 6.42 Å². The lowest BCUT2D eigenvalue weighted by Gasteiger charge is -1.98. The van der Waals surface area contributed by atoms with Gasteiger partial charge in [0.05, 0.1) is 6.61 Å². The van der Waals surface area contributed by atoms with Gasteiger partial charge in [-0.3, -0.25) is 0 Å². The zero-order chi connectivity index (χ0) is 13.8. The molecule has 0 amide bonds. The fraction of sp³-hybridized carbons (Fsp3) is 0.882. The molecule has 0 aromatic heterocycles. The predicted molar refractivity (Wildman–Crippen MR) is 80.8 cm³/mol. The number of allylic oxidation sites excluding steroid dienone is 1. The second kappa shape index (κ2) is 11.2. The van der Waals surface area contributed by atoms with Gasteiger partial charge in [0.15, 0.2) is 5.76 Å². The minimum absolute atomic E-state index is 0.829. The third kappa shape index (κ3) is 8.96. The Labute approximate surface area is 119 Å². The maximum atomic E-state index is 5.58. The van der Waals surface area contributed by atoms with Gasteiger partial charge < -0.3 is 9.47 Å². The summed E-state index contributed by atoms with van der Waals surface area (Å²) in [7, 11) is 0. The second-order valence-corrected chi connectivity index (χ2v) is 5.59. The highest BCUT2D eigenvalue weighted by atomic mass is 16.7. The molecule has 1 heterocycles. The molecule has 0 fully saturated rings. The molecule has 0 bridgehead atoms. The van der Waals surface area contributed by atoms with Crippen molar-refractivity contribution < 1.29 is 9.47 Å². The maximum Gasteiger partial charge on any atom is 0.325 e. The molecule has 0 atom stereocenters. The summed E-state index contributed by atoms with van der Waals surface area (Å²) >= 11 is 0. The van der Waals surface area contributed by atoms with Crippen LogP contribution in [-0.2, 0) is 9.47 Å². The Hall–Kier alpha value is -0.660. The van der Waals surface area contributed by atoms with Gasteiger partial charge in [0.2, 0.25) is 0 Å². The summed E-state index contributed by atoms with van der Waals surface area (Å²) in [6.07, 6.45) is 15.6. The monoisotopic (exact) mass is 268 g/mol. The lowest BCUT2D eigenvalue weighted by molar-refractivity contribution is 0.149. The van der Waals surface area contributed by atoms with Crippen LogP contribution in [0.4, 0.5) is 0 Å². The van der Waals surface area contributed by atoms with Crippen molar-refractivity contribution in [2.24, 2.45) is 0 Å². The van der Waals surface area contributed by atoms with Crippen molar-refractivity contribution in [2.45, 2.75) is 90.9 Å². The summed E-state index contributed by atoms with van der Waals surface area (Å²) in [6.45, 7) is 5.32. The van der Waals surface area contributed by atoms with Crippen LogP contribution < -0.4 is 0 Å². The summed E-state index contributed by atoms with van der Waals surface area (Å²) in [5.74, 6) is 1.95. The average molecular weight is 268 g/mol. The molecule has 0 unspecified atom stereocenters. The number of unbranched alkanes of at least 4 members (excludes halogenated alkanes) is 9. The van der Waals surface area contributed by atoms with Crippen molar-refractivity contribution in [3.05, 3.63) is 11.7 Å². The Morgan fingerprint density at radius 1 is 0.737 bits per heavy atom. The van der Waals surface area contributed by atoms with Crippen LogP contribution in [0.2, 0.25) is 0 Å². The van der Waals surface area contributed by atoms with Gasteiger partial charge in [0.1, 0.15) is 0 Å². The molecule has 0 radical (unpaired) electrons. The summed E-state index contributed by atoms with van der Waals surface area (Å²) in [4.78, 5) is 0. The Balaban J connectivity index is 1.83. The van der Waals surface area contributed by atoms with Crippen LogP contribution in [0.1, 0.15) is 90.9 Å². The molecule has 0 N–H and O–H groups in total. The van der Waals surface area contributed by atoms with Crippen LogP contribution in [0.5, 0.6) is 0 Å². The standard InChI is InChI=1S/C17H32O2/c1-3-5-7-9-10-11-12-14-16-17(19-16)18-15-13-8-6-4-2/h3-15H2,1-2H3. The van der Waals surface area contributed by atoms with E-state index in [0.29, 0.717) is 0 Å². The van der Waals surface area contributed by atoms with Gasteiger partial charge in [0.25, 0.3) is 0 Å². The van der Waals surface area contributed by atoms with E-state index in [1.54, 1.807) is 0 Å². The maximum absolute atomic E-state index is 5.58. The Bertz CT molecular complexity index is 246. The van der Waals surface area contributed by atoms with E-state index < -0.39 is 0 Å². The highest BCUT2D eigenvalue weighted by Gasteiger charge is 2.26. The lowest BCUT2D eigenvalue weighted by atomic mass is 10.1. The molecule has 0 aliphatic carbocycles. The number of hydrogen-bond donors (Lipinski definition) is 0. The molecule has 0 aromatic carbocycles. The van der Waals surface area contributed by atoms with E-state index in [1.165, 1.54) is 64.2 Å². The molecule has 19 heavy (non-hydrogen) atoms. The first-order chi connectivity index (χ1) is 9.38. The molecule has 1 rings (SSSR count). The number of rotatable bonds is 14. The summed E-state index contributed by atoms with van der Waals surface area (Å²) in [5.41, 5.74) is 0. The van der Waals surface area contributed by atoms with E-state index in [4.69, 9.17) is 9.47 Å². The van der Waals surface area contributed by atoms with Crippen LogP contribution in [0.25, 0.3) is 0 Å².